The quantitative estimate of drug-likeness (QED) is 0.330. The standard InChI is InChI=1S/C27H25N5O2/c1-2-4-26-22(3-1)11-12-23(28-26)19-34-25-15-9-21(10-16-25)6-5-20-7-13-24(14-8-20)33-18-17-27-29-31-32-30-27/h1-4,7-16H,5-6,17-19H2,(H,29,30,31,32). The van der Waals surface area contributed by atoms with Gasteiger partial charge in [0.1, 0.15) is 18.1 Å². The first kappa shape index (κ1) is 21.6. The zero-order chi connectivity index (χ0) is 23.0. The highest BCUT2D eigenvalue weighted by Crippen LogP contribution is 2.18. The highest BCUT2D eigenvalue weighted by Gasteiger charge is 2.03. The van der Waals surface area contributed by atoms with Crippen LogP contribution in [-0.2, 0) is 25.9 Å². The van der Waals surface area contributed by atoms with Crippen LogP contribution in [0, 0.1) is 0 Å². The fourth-order valence-electron chi connectivity index (χ4n) is 3.69. The summed E-state index contributed by atoms with van der Waals surface area (Å²) < 4.78 is 11.7. The lowest BCUT2D eigenvalue weighted by Gasteiger charge is -2.09. The molecule has 2 aromatic heterocycles. The first-order valence-corrected chi connectivity index (χ1v) is 11.3. The molecule has 0 fully saturated rings. The molecule has 5 rings (SSSR count). The van der Waals surface area contributed by atoms with Crippen molar-refractivity contribution in [1.29, 1.82) is 0 Å². The Hall–Kier alpha value is -4.26. The van der Waals surface area contributed by atoms with Gasteiger partial charge in [0.05, 0.1) is 17.8 Å². The Bertz CT molecular complexity index is 1320. The molecule has 0 saturated carbocycles. The number of hydrogen-bond donors (Lipinski definition) is 1. The second-order valence-corrected chi connectivity index (χ2v) is 8.00. The second kappa shape index (κ2) is 10.6. The summed E-state index contributed by atoms with van der Waals surface area (Å²) in [7, 11) is 0. The molecule has 7 nitrogen and oxygen atoms in total. The van der Waals surface area contributed by atoms with Crippen molar-refractivity contribution in [3.63, 3.8) is 0 Å². The van der Waals surface area contributed by atoms with Crippen molar-refractivity contribution < 1.29 is 9.47 Å². The van der Waals surface area contributed by atoms with Gasteiger partial charge in [-0.1, -0.05) is 53.7 Å². The van der Waals surface area contributed by atoms with E-state index >= 15 is 0 Å². The number of aromatic amines is 1. The van der Waals surface area contributed by atoms with Crippen LogP contribution < -0.4 is 9.47 Å². The summed E-state index contributed by atoms with van der Waals surface area (Å²) in [5, 5.41) is 14.9. The summed E-state index contributed by atoms with van der Waals surface area (Å²) in [5.74, 6) is 2.34. The Morgan fingerprint density at radius 3 is 2.09 bits per heavy atom. The van der Waals surface area contributed by atoms with E-state index in [9.17, 15) is 0 Å². The lowest BCUT2D eigenvalue weighted by atomic mass is 10.0. The number of fused-ring (bicyclic) bond motifs is 1. The van der Waals surface area contributed by atoms with Gasteiger partial charge in [-0.15, -0.1) is 10.2 Å². The molecule has 0 bridgehead atoms. The molecule has 0 aliphatic carbocycles. The van der Waals surface area contributed by atoms with Gasteiger partial charge >= 0.3 is 0 Å². The van der Waals surface area contributed by atoms with Crippen LogP contribution >= 0.6 is 0 Å². The van der Waals surface area contributed by atoms with E-state index in [0.717, 1.165) is 40.9 Å². The first-order valence-electron chi connectivity index (χ1n) is 11.3. The molecule has 2 heterocycles. The molecule has 0 amide bonds. The van der Waals surface area contributed by atoms with Gasteiger partial charge in [0.15, 0.2) is 5.82 Å². The number of ether oxygens (including phenoxy) is 2. The predicted octanol–water partition coefficient (Wildman–Crippen LogP) is 4.73. The summed E-state index contributed by atoms with van der Waals surface area (Å²) in [4.78, 5) is 4.66. The Labute approximate surface area is 197 Å². The van der Waals surface area contributed by atoms with Gasteiger partial charge in [-0.25, -0.2) is 4.98 Å². The van der Waals surface area contributed by atoms with Crippen LogP contribution in [0.3, 0.4) is 0 Å². The average Bonchev–Trinajstić information content (AvgIpc) is 3.41. The number of benzene rings is 3. The topological polar surface area (TPSA) is 85.8 Å². The van der Waals surface area contributed by atoms with Crippen molar-refractivity contribution in [3.8, 4) is 11.5 Å². The van der Waals surface area contributed by atoms with Crippen LogP contribution in [0.4, 0.5) is 0 Å². The molecule has 0 aliphatic heterocycles. The van der Waals surface area contributed by atoms with E-state index in [1.165, 1.54) is 11.1 Å². The van der Waals surface area contributed by atoms with Gasteiger partial charge in [-0.3, -0.25) is 0 Å². The van der Waals surface area contributed by atoms with E-state index in [0.29, 0.717) is 25.5 Å². The molecule has 0 unspecified atom stereocenters. The van der Waals surface area contributed by atoms with E-state index in [1.807, 2.05) is 48.5 Å². The number of rotatable bonds is 10. The highest BCUT2D eigenvalue weighted by atomic mass is 16.5. The summed E-state index contributed by atoms with van der Waals surface area (Å²) in [6.45, 7) is 0.970. The van der Waals surface area contributed by atoms with E-state index in [1.54, 1.807) is 0 Å². The van der Waals surface area contributed by atoms with Crippen LogP contribution in [0.2, 0.25) is 0 Å². The number of aryl methyl sites for hydroxylation is 2. The maximum Gasteiger partial charge on any atom is 0.177 e. The lowest BCUT2D eigenvalue weighted by Crippen LogP contribution is -2.03. The molecule has 0 aliphatic rings. The third-order valence-electron chi connectivity index (χ3n) is 5.58. The van der Waals surface area contributed by atoms with E-state index < -0.39 is 0 Å². The van der Waals surface area contributed by atoms with Crippen LogP contribution in [0.25, 0.3) is 10.9 Å². The van der Waals surface area contributed by atoms with Gasteiger partial charge in [0.25, 0.3) is 0 Å². The van der Waals surface area contributed by atoms with E-state index in [-0.39, 0.29) is 0 Å². The number of pyridine rings is 1. The van der Waals surface area contributed by atoms with Gasteiger partial charge in [-0.2, -0.15) is 5.21 Å². The van der Waals surface area contributed by atoms with E-state index in [2.05, 4.69) is 62.0 Å². The Balaban J connectivity index is 1.07. The van der Waals surface area contributed by atoms with Crippen molar-refractivity contribution in [3.05, 3.63) is 108 Å². The van der Waals surface area contributed by atoms with E-state index in [4.69, 9.17) is 9.47 Å². The average molecular weight is 452 g/mol. The SMILES string of the molecule is c1ccc2nc(COc3ccc(CCc4ccc(OCCc5nn[nH]n5)cc4)cc3)ccc2c1. The minimum absolute atomic E-state index is 0.452. The van der Waals surface area contributed by atoms with Crippen LogP contribution in [0.15, 0.2) is 84.9 Å². The number of para-hydroxylation sites is 1. The second-order valence-electron chi connectivity index (χ2n) is 8.00. The Morgan fingerprint density at radius 2 is 1.38 bits per heavy atom. The summed E-state index contributed by atoms with van der Waals surface area (Å²) in [6.07, 6.45) is 2.55. The number of nitrogens with one attached hydrogen (secondary N) is 1. The van der Waals surface area contributed by atoms with Crippen molar-refractivity contribution in [2.75, 3.05) is 6.61 Å². The first-order chi connectivity index (χ1) is 16.8. The molecule has 0 saturated heterocycles. The smallest absolute Gasteiger partial charge is 0.177 e. The summed E-state index contributed by atoms with van der Waals surface area (Å²) in [5.41, 5.74) is 4.46. The third kappa shape index (κ3) is 5.75. The third-order valence-corrected chi connectivity index (χ3v) is 5.58. The maximum absolute atomic E-state index is 5.94. The maximum atomic E-state index is 5.94. The van der Waals surface area contributed by atoms with Crippen LogP contribution in [0.5, 0.6) is 11.5 Å². The van der Waals surface area contributed by atoms with Crippen molar-refractivity contribution in [2.24, 2.45) is 0 Å². The number of hydrogen-bond acceptors (Lipinski definition) is 6. The number of aromatic nitrogens is 5. The Morgan fingerprint density at radius 1 is 0.676 bits per heavy atom. The van der Waals surface area contributed by atoms with Gasteiger partial charge in [0, 0.05) is 11.8 Å². The molecule has 0 atom stereocenters. The minimum atomic E-state index is 0.452. The Kier molecular flexibility index (Phi) is 6.71. The lowest BCUT2D eigenvalue weighted by molar-refractivity contribution is 0.301. The van der Waals surface area contributed by atoms with Crippen molar-refractivity contribution >= 4 is 10.9 Å². The molecule has 0 spiro atoms. The normalized spacial score (nSPS) is 10.9. The molecular formula is C27H25N5O2. The zero-order valence-electron chi connectivity index (χ0n) is 18.7. The fraction of sp³-hybridized carbons (Fsp3) is 0.185. The molecule has 3 aromatic carbocycles. The molecule has 0 radical (unpaired) electrons. The van der Waals surface area contributed by atoms with Gasteiger partial charge in [0.2, 0.25) is 0 Å². The largest absolute Gasteiger partial charge is 0.493 e. The molecule has 34 heavy (non-hydrogen) atoms. The number of nitrogens with zero attached hydrogens (tertiary/aromatic N) is 4. The van der Waals surface area contributed by atoms with Crippen LogP contribution in [0.1, 0.15) is 22.6 Å². The minimum Gasteiger partial charge on any atom is -0.493 e. The van der Waals surface area contributed by atoms with Crippen molar-refractivity contribution in [1.82, 2.24) is 25.6 Å². The zero-order valence-corrected chi connectivity index (χ0v) is 18.7. The highest BCUT2D eigenvalue weighted by molar-refractivity contribution is 5.78. The van der Waals surface area contributed by atoms with Crippen molar-refractivity contribution in [2.45, 2.75) is 25.9 Å². The number of tetrazole rings is 1. The molecule has 170 valence electrons. The molecule has 5 aromatic rings. The molecule has 7 heteroatoms. The summed E-state index contributed by atoms with van der Waals surface area (Å²) in [6, 6.07) is 28.7. The molecule has 1 N–H and O–H groups in total. The monoisotopic (exact) mass is 451 g/mol. The fourth-order valence-corrected chi connectivity index (χ4v) is 3.69. The number of H-pyrrole nitrogens is 1. The van der Waals surface area contributed by atoms with Gasteiger partial charge in [-0.05, 0) is 60.4 Å². The van der Waals surface area contributed by atoms with Crippen LogP contribution in [-0.4, -0.2) is 32.2 Å². The predicted molar refractivity (Wildman–Crippen MR) is 130 cm³/mol. The van der Waals surface area contributed by atoms with Gasteiger partial charge < -0.3 is 9.47 Å². The molecular weight excluding hydrogens is 426 g/mol. The summed E-state index contributed by atoms with van der Waals surface area (Å²) >= 11 is 0.